The molecule has 21 heavy (non-hydrogen) atoms. The summed E-state index contributed by atoms with van der Waals surface area (Å²) in [5.41, 5.74) is 2.98. The molecule has 1 heterocycles. The summed E-state index contributed by atoms with van der Waals surface area (Å²) >= 11 is 0. The highest BCUT2D eigenvalue weighted by Gasteiger charge is 2.06. The smallest absolute Gasteiger partial charge is 0.251 e. The molecule has 0 atom stereocenters. The van der Waals surface area contributed by atoms with Crippen LogP contribution in [-0.4, -0.2) is 10.9 Å². The van der Waals surface area contributed by atoms with Gasteiger partial charge in [-0.05, 0) is 36.1 Å². The molecule has 0 aliphatic rings. The Kier molecular flexibility index (Phi) is 3.65. The summed E-state index contributed by atoms with van der Waals surface area (Å²) < 4.78 is 0. The number of benzene rings is 2. The lowest BCUT2D eigenvalue weighted by Gasteiger charge is -2.07. The fourth-order valence-corrected chi connectivity index (χ4v) is 2.21. The first-order chi connectivity index (χ1) is 10.2. The molecule has 0 bridgehead atoms. The number of amides is 1. The fraction of sp³-hybridized carbons (Fsp3) is 0.111. The van der Waals surface area contributed by atoms with Crippen LogP contribution in [0.2, 0.25) is 0 Å². The first kappa shape index (κ1) is 13.3. The van der Waals surface area contributed by atoms with Crippen LogP contribution in [0.3, 0.4) is 0 Å². The van der Waals surface area contributed by atoms with E-state index in [2.05, 4.69) is 10.3 Å². The van der Waals surface area contributed by atoms with Crippen LogP contribution in [-0.2, 0) is 6.54 Å². The highest BCUT2D eigenvalue weighted by Crippen LogP contribution is 2.14. The van der Waals surface area contributed by atoms with Crippen molar-refractivity contribution in [1.82, 2.24) is 10.3 Å². The molecule has 0 fully saturated rings. The number of nitrogens with one attached hydrogen (secondary N) is 1. The Balaban J connectivity index is 1.73. The van der Waals surface area contributed by atoms with Gasteiger partial charge >= 0.3 is 0 Å². The molecule has 0 unspecified atom stereocenters. The van der Waals surface area contributed by atoms with E-state index in [-0.39, 0.29) is 5.91 Å². The monoisotopic (exact) mass is 276 g/mol. The standard InChI is InChI=1S/C18H16N2O/c1-13-2-4-14(5-3-13)11-20-18(21)16-6-7-17-12-19-9-8-15(17)10-16/h2-10,12H,11H2,1H3,(H,20,21). The molecule has 1 amide bonds. The van der Waals surface area contributed by atoms with E-state index in [1.807, 2.05) is 55.5 Å². The maximum Gasteiger partial charge on any atom is 0.251 e. The molecule has 0 saturated carbocycles. The van der Waals surface area contributed by atoms with E-state index in [0.29, 0.717) is 12.1 Å². The number of rotatable bonds is 3. The number of pyridine rings is 1. The number of aryl methyl sites for hydroxylation is 1. The number of fused-ring (bicyclic) bond motifs is 1. The van der Waals surface area contributed by atoms with E-state index in [4.69, 9.17) is 0 Å². The van der Waals surface area contributed by atoms with Crippen LogP contribution >= 0.6 is 0 Å². The first-order valence-corrected chi connectivity index (χ1v) is 6.90. The van der Waals surface area contributed by atoms with E-state index in [1.165, 1.54) is 5.56 Å². The van der Waals surface area contributed by atoms with Gasteiger partial charge in [-0.3, -0.25) is 9.78 Å². The van der Waals surface area contributed by atoms with Crippen molar-refractivity contribution in [1.29, 1.82) is 0 Å². The van der Waals surface area contributed by atoms with Crippen LogP contribution in [0.5, 0.6) is 0 Å². The zero-order valence-corrected chi connectivity index (χ0v) is 11.8. The number of aromatic nitrogens is 1. The molecule has 0 radical (unpaired) electrons. The Labute approximate surface area is 123 Å². The third-order valence-electron chi connectivity index (χ3n) is 3.48. The molecule has 0 spiro atoms. The minimum absolute atomic E-state index is 0.0608. The Morgan fingerprint density at radius 2 is 1.86 bits per heavy atom. The average Bonchev–Trinajstić information content (AvgIpc) is 2.53. The third-order valence-corrected chi connectivity index (χ3v) is 3.48. The summed E-state index contributed by atoms with van der Waals surface area (Å²) in [6, 6.07) is 15.7. The van der Waals surface area contributed by atoms with Crippen molar-refractivity contribution in [2.24, 2.45) is 0 Å². The third kappa shape index (κ3) is 3.08. The molecule has 1 aromatic heterocycles. The van der Waals surface area contributed by atoms with Gasteiger partial charge in [-0.2, -0.15) is 0 Å². The van der Waals surface area contributed by atoms with Crippen molar-refractivity contribution in [3.05, 3.63) is 77.6 Å². The molecule has 0 aliphatic carbocycles. The van der Waals surface area contributed by atoms with Crippen molar-refractivity contribution in [2.45, 2.75) is 13.5 Å². The summed E-state index contributed by atoms with van der Waals surface area (Å²) in [6.07, 6.45) is 3.53. The molecule has 3 heteroatoms. The summed E-state index contributed by atoms with van der Waals surface area (Å²) in [6.45, 7) is 2.58. The number of carbonyl (C=O) groups excluding carboxylic acids is 1. The van der Waals surface area contributed by atoms with E-state index in [9.17, 15) is 4.79 Å². The van der Waals surface area contributed by atoms with Crippen LogP contribution in [0.15, 0.2) is 60.9 Å². The van der Waals surface area contributed by atoms with Crippen molar-refractivity contribution < 1.29 is 4.79 Å². The van der Waals surface area contributed by atoms with Gasteiger partial charge in [0.25, 0.3) is 5.91 Å². The van der Waals surface area contributed by atoms with Gasteiger partial charge in [0, 0.05) is 29.9 Å². The van der Waals surface area contributed by atoms with Crippen molar-refractivity contribution in [2.75, 3.05) is 0 Å². The van der Waals surface area contributed by atoms with Gasteiger partial charge in [0.15, 0.2) is 0 Å². The molecule has 3 rings (SSSR count). The van der Waals surface area contributed by atoms with Crippen LogP contribution in [0.4, 0.5) is 0 Å². The molecule has 0 saturated heterocycles. The van der Waals surface area contributed by atoms with Gasteiger partial charge in [0.2, 0.25) is 0 Å². The number of carbonyl (C=O) groups is 1. The van der Waals surface area contributed by atoms with Gasteiger partial charge in [-0.1, -0.05) is 35.9 Å². The van der Waals surface area contributed by atoms with E-state index >= 15 is 0 Å². The highest BCUT2D eigenvalue weighted by molar-refractivity contribution is 5.98. The number of hydrogen-bond donors (Lipinski definition) is 1. The van der Waals surface area contributed by atoms with Crippen molar-refractivity contribution in [3.63, 3.8) is 0 Å². The number of nitrogens with zero attached hydrogens (tertiary/aromatic N) is 1. The van der Waals surface area contributed by atoms with Gasteiger partial charge in [-0.15, -0.1) is 0 Å². The molecular formula is C18H16N2O. The van der Waals surface area contributed by atoms with Gasteiger partial charge < -0.3 is 5.32 Å². The Morgan fingerprint density at radius 1 is 1.05 bits per heavy atom. The molecule has 104 valence electrons. The minimum Gasteiger partial charge on any atom is -0.348 e. The van der Waals surface area contributed by atoms with E-state index in [1.54, 1.807) is 12.4 Å². The molecule has 2 aromatic carbocycles. The molecule has 3 aromatic rings. The van der Waals surface area contributed by atoms with Gasteiger partial charge in [0.1, 0.15) is 0 Å². The first-order valence-electron chi connectivity index (χ1n) is 6.90. The normalized spacial score (nSPS) is 10.5. The molecule has 0 aliphatic heterocycles. The second-order valence-corrected chi connectivity index (χ2v) is 5.11. The summed E-state index contributed by atoms with van der Waals surface area (Å²) in [4.78, 5) is 16.3. The maximum absolute atomic E-state index is 12.2. The summed E-state index contributed by atoms with van der Waals surface area (Å²) in [5.74, 6) is -0.0608. The Bertz CT molecular complexity index is 779. The average molecular weight is 276 g/mol. The lowest BCUT2D eigenvalue weighted by atomic mass is 10.1. The van der Waals surface area contributed by atoms with E-state index in [0.717, 1.165) is 16.3 Å². The van der Waals surface area contributed by atoms with Crippen LogP contribution < -0.4 is 5.32 Å². The predicted octanol–water partition coefficient (Wildman–Crippen LogP) is 3.47. The van der Waals surface area contributed by atoms with E-state index < -0.39 is 0 Å². The van der Waals surface area contributed by atoms with Crippen LogP contribution in [0.1, 0.15) is 21.5 Å². The summed E-state index contributed by atoms with van der Waals surface area (Å²) in [5, 5.41) is 5.00. The second-order valence-electron chi connectivity index (χ2n) is 5.11. The maximum atomic E-state index is 12.2. The lowest BCUT2D eigenvalue weighted by molar-refractivity contribution is 0.0951. The predicted molar refractivity (Wildman–Crippen MR) is 84.1 cm³/mol. The van der Waals surface area contributed by atoms with Gasteiger partial charge in [-0.25, -0.2) is 0 Å². The van der Waals surface area contributed by atoms with Gasteiger partial charge in [0.05, 0.1) is 0 Å². The molecule has 1 N–H and O–H groups in total. The Hall–Kier alpha value is -2.68. The quantitative estimate of drug-likeness (QED) is 0.796. The molecule has 3 nitrogen and oxygen atoms in total. The summed E-state index contributed by atoms with van der Waals surface area (Å²) in [7, 11) is 0. The minimum atomic E-state index is -0.0608. The largest absolute Gasteiger partial charge is 0.348 e. The van der Waals surface area contributed by atoms with Crippen molar-refractivity contribution >= 4 is 16.7 Å². The topological polar surface area (TPSA) is 42.0 Å². The van der Waals surface area contributed by atoms with Crippen LogP contribution in [0.25, 0.3) is 10.8 Å². The van der Waals surface area contributed by atoms with Crippen LogP contribution in [0, 0.1) is 6.92 Å². The van der Waals surface area contributed by atoms with Crippen molar-refractivity contribution in [3.8, 4) is 0 Å². The molecular weight excluding hydrogens is 260 g/mol. The number of hydrogen-bond acceptors (Lipinski definition) is 2. The zero-order valence-electron chi connectivity index (χ0n) is 11.8. The Morgan fingerprint density at radius 3 is 2.67 bits per heavy atom. The lowest BCUT2D eigenvalue weighted by Crippen LogP contribution is -2.22. The SMILES string of the molecule is Cc1ccc(CNC(=O)c2ccc3cnccc3c2)cc1. The highest BCUT2D eigenvalue weighted by atomic mass is 16.1. The zero-order chi connectivity index (χ0) is 14.7. The second kappa shape index (κ2) is 5.75. The fourth-order valence-electron chi connectivity index (χ4n) is 2.21.